The average molecular weight is 351 g/mol. The Bertz CT molecular complexity index is 937. The predicted octanol–water partition coefficient (Wildman–Crippen LogP) is 5.38. The molecule has 0 N–H and O–H groups in total. The molecule has 1 heterocycles. The molecular formula is C16H12Cl2N2OS. The van der Waals surface area contributed by atoms with E-state index in [2.05, 4.69) is 4.98 Å². The predicted molar refractivity (Wildman–Crippen MR) is 93.2 cm³/mol. The fraction of sp³-hybridized carbons (Fsp3) is 0.125. The van der Waals surface area contributed by atoms with Crippen molar-refractivity contribution in [1.82, 2.24) is 9.55 Å². The molecule has 0 aliphatic carbocycles. The van der Waals surface area contributed by atoms with Crippen LogP contribution in [-0.2, 0) is 0 Å². The highest BCUT2D eigenvalue weighted by Gasteiger charge is 2.11. The second-order valence-corrected chi connectivity index (χ2v) is 6.02. The number of nitrogens with zero attached hydrogens (tertiary/aromatic N) is 2. The van der Waals surface area contributed by atoms with Crippen LogP contribution in [0.1, 0.15) is 5.82 Å². The highest BCUT2D eigenvalue weighted by Crippen LogP contribution is 2.29. The lowest BCUT2D eigenvalue weighted by atomic mass is 10.2. The van der Waals surface area contributed by atoms with Crippen molar-refractivity contribution in [2.24, 2.45) is 0 Å². The lowest BCUT2D eigenvalue weighted by molar-refractivity contribution is 0.414. The molecule has 3 rings (SSSR count). The molecule has 0 unspecified atom stereocenters. The molecule has 0 amide bonds. The largest absolute Gasteiger partial charge is 0.497 e. The first kappa shape index (κ1) is 15.3. The van der Waals surface area contributed by atoms with Crippen molar-refractivity contribution < 1.29 is 4.74 Å². The van der Waals surface area contributed by atoms with Crippen LogP contribution in [0.5, 0.6) is 5.75 Å². The van der Waals surface area contributed by atoms with Crippen LogP contribution >= 0.6 is 35.4 Å². The van der Waals surface area contributed by atoms with Crippen molar-refractivity contribution in [1.29, 1.82) is 0 Å². The van der Waals surface area contributed by atoms with E-state index < -0.39 is 0 Å². The number of ether oxygens (including phenoxy) is 1. The van der Waals surface area contributed by atoms with Gasteiger partial charge in [-0.25, -0.2) is 4.98 Å². The Kier molecular flexibility index (Phi) is 4.08. The minimum absolute atomic E-state index is 0.495. The first-order valence-electron chi connectivity index (χ1n) is 6.54. The molecule has 0 fully saturated rings. The summed E-state index contributed by atoms with van der Waals surface area (Å²) in [4.78, 5) is 4.57. The molecule has 0 atom stereocenters. The standard InChI is InChI=1S/C16H12Cl2N2OS/c1-9-19-15-13(6-10(17)7-14(15)18)16(22)20(9)11-4-3-5-12(8-11)21-2/h3-8H,1-2H3. The molecule has 3 aromatic rings. The van der Waals surface area contributed by atoms with Crippen LogP contribution < -0.4 is 4.74 Å². The summed E-state index contributed by atoms with van der Waals surface area (Å²) in [5.41, 5.74) is 1.54. The molecule has 0 aliphatic heterocycles. The van der Waals surface area contributed by atoms with Gasteiger partial charge in [-0.05, 0) is 31.2 Å². The molecule has 0 bridgehead atoms. The number of halogens is 2. The van der Waals surface area contributed by atoms with Gasteiger partial charge in [-0.2, -0.15) is 0 Å². The molecule has 0 radical (unpaired) electrons. The molecule has 3 nitrogen and oxygen atoms in total. The Morgan fingerprint density at radius 2 is 1.95 bits per heavy atom. The summed E-state index contributed by atoms with van der Waals surface area (Å²) in [6.07, 6.45) is 0. The Labute approximate surface area is 143 Å². The van der Waals surface area contributed by atoms with E-state index in [9.17, 15) is 0 Å². The fourth-order valence-electron chi connectivity index (χ4n) is 2.38. The number of hydrogen-bond acceptors (Lipinski definition) is 3. The average Bonchev–Trinajstić information content (AvgIpc) is 2.49. The summed E-state index contributed by atoms with van der Waals surface area (Å²) in [7, 11) is 1.63. The van der Waals surface area contributed by atoms with E-state index in [1.807, 2.05) is 35.8 Å². The summed E-state index contributed by atoms with van der Waals surface area (Å²) < 4.78 is 7.76. The summed E-state index contributed by atoms with van der Waals surface area (Å²) in [6.45, 7) is 1.89. The first-order chi connectivity index (χ1) is 10.5. The zero-order valence-electron chi connectivity index (χ0n) is 11.9. The SMILES string of the molecule is COc1cccc(-n2c(C)nc3c(Cl)cc(Cl)cc3c2=S)c1. The van der Waals surface area contributed by atoms with Crippen molar-refractivity contribution in [2.75, 3.05) is 7.11 Å². The van der Waals surface area contributed by atoms with Crippen LogP contribution in [0.4, 0.5) is 0 Å². The number of aromatic nitrogens is 2. The van der Waals surface area contributed by atoms with Gasteiger partial charge in [-0.3, -0.25) is 4.57 Å². The van der Waals surface area contributed by atoms with Crippen LogP contribution in [0.2, 0.25) is 10.0 Å². The zero-order chi connectivity index (χ0) is 15.9. The maximum Gasteiger partial charge on any atom is 0.121 e. The third-order valence-corrected chi connectivity index (χ3v) is 4.28. The summed E-state index contributed by atoms with van der Waals surface area (Å²) in [5.74, 6) is 1.50. The summed E-state index contributed by atoms with van der Waals surface area (Å²) in [5, 5.41) is 1.78. The Morgan fingerprint density at radius 1 is 1.18 bits per heavy atom. The van der Waals surface area contributed by atoms with Crippen LogP contribution in [-0.4, -0.2) is 16.7 Å². The lowest BCUT2D eigenvalue weighted by Crippen LogP contribution is -2.05. The van der Waals surface area contributed by atoms with E-state index in [0.29, 0.717) is 20.2 Å². The molecule has 0 spiro atoms. The highest BCUT2D eigenvalue weighted by atomic mass is 35.5. The van der Waals surface area contributed by atoms with Gasteiger partial charge in [0.15, 0.2) is 0 Å². The minimum atomic E-state index is 0.495. The number of fused-ring (bicyclic) bond motifs is 1. The van der Waals surface area contributed by atoms with Crippen LogP contribution in [0, 0.1) is 11.6 Å². The zero-order valence-corrected chi connectivity index (χ0v) is 14.3. The third-order valence-electron chi connectivity index (χ3n) is 3.37. The summed E-state index contributed by atoms with van der Waals surface area (Å²) >= 11 is 18.0. The van der Waals surface area contributed by atoms with Crippen molar-refractivity contribution in [3.8, 4) is 11.4 Å². The molecule has 112 valence electrons. The highest BCUT2D eigenvalue weighted by molar-refractivity contribution is 7.71. The van der Waals surface area contributed by atoms with Crippen LogP contribution in [0.3, 0.4) is 0 Å². The van der Waals surface area contributed by atoms with E-state index >= 15 is 0 Å². The summed E-state index contributed by atoms with van der Waals surface area (Å²) in [6, 6.07) is 11.1. The smallest absolute Gasteiger partial charge is 0.121 e. The molecule has 1 aromatic heterocycles. The molecular weight excluding hydrogens is 339 g/mol. The van der Waals surface area contributed by atoms with E-state index in [4.69, 9.17) is 40.2 Å². The lowest BCUT2D eigenvalue weighted by Gasteiger charge is -2.14. The number of hydrogen-bond donors (Lipinski definition) is 0. The molecule has 0 saturated heterocycles. The van der Waals surface area contributed by atoms with Gasteiger partial charge in [0.2, 0.25) is 0 Å². The fourth-order valence-corrected chi connectivity index (χ4v) is 3.30. The van der Waals surface area contributed by atoms with E-state index in [-0.39, 0.29) is 0 Å². The van der Waals surface area contributed by atoms with Gasteiger partial charge in [0, 0.05) is 16.5 Å². The number of aryl methyl sites for hydroxylation is 1. The van der Waals surface area contributed by atoms with Gasteiger partial charge < -0.3 is 4.74 Å². The normalized spacial score (nSPS) is 10.9. The van der Waals surface area contributed by atoms with Crippen molar-refractivity contribution in [3.63, 3.8) is 0 Å². The second kappa shape index (κ2) is 5.88. The van der Waals surface area contributed by atoms with E-state index in [0.717, 1.165) is 22.6 Å². The maximum atomic E-state index is 6.23. The Morgan fingerprint density at radius 3 is 2.68 bits per heavy atom. The van der Waals surface area contributed by atoms with E-state index in [1.54, 1.807) is 19.2 Å². The Balaban J connectivity index is 2.37. The van der Waals surface area contributed by atoms with Gasteiger partial charge in [0.1, 0.15) is 16.2 Å². The van der Waals surface area contributed by atoms with Gasteiger partial charge in [0.25, 0.3) is 0 Å². The monoisotopic (exact) mass is 350 g/mol. The van der Waals surface area contributed by atoms with Crippen molar-refractivity contribution in [2.45, 2.75) is 6.92 Å². The van der Waals surface area contributed by atoms with Crippen molar-refractivity contribution in [3.05, 3.63) is 56.9 Å². The number of rotatable bonds is 2. The maximum absolute atomic E-state index is 6.23. The number of benzene rings is 2. The quantitative estimate of drug-likeness (QED) is 0.580. The van der Waals surface area contributed by atoms with Gasteiger partial charge in [0.05, 0.1) is 23.3 Å². The number of methoxy groups -OCH3 is 1. The van der Waals surface area contributed by atoms with Crippen LogP contribution in [0.25, 0.3) is 16.6 Å². The molecule has 22 heavy (non-hydrogen) atoms. The molecule has 0 saturated carbocycles. The first-order valence-corrected chi connectivity index (χ1v) is 7.70. The topological polar surface area (TPSA) is 27.1 Å². The molecule has 6 heteroatoms. The van der Waals surface area contributed by atoms with Gasteiger partial charge >= 0.3 is 0 Å². The van der Waals surface area contributed by atoms with Gasteiger partial charge in [-0.15, -0.1) is 0 Å². The van der Waals surface area contributed by atoms with E-state index in [1.165, 1.54) is 0 Å². The molecule has 0 aliphatic rings. The minimum Gasteiger partial charge on any atom is -0.497 e. The van der Waals surface area contributed by atoms with Crippen LogP contribution in [0.15, 0.2) is 36.4 Å². The second-order valence-electron chi connectivity index (χ2n) is 4.78. The van der Waals surface area contributed by atoms with Gasteiger partial charge in [-0.1, -0.05) is 41.5 Å². The molecule has 2 aromatic carbocycles. The Hall–Kier alpha value is -1.62. The van der Waals surface area contributed by atoms with Crippen molar-refractivity contribution >= 4 is 46.3 Å². The third kappa shape index (κ3) is 2.58.